The second-order valence-electron chi connectivity index (χ2n) is 7.45. The van der Waals surface area contributed by atoms with Crippen LogP contribution < -0.4 is 5.32 Å². The lowest BCUT2D eigenvalue weighted by Gasteiger charge is -2.05. The summed E-state index contributed by atoms with van der Waals surface area (Å²) >= 11 is 0. The third kappa shape index (κ3) is 3.61. The van der Waals surface area contributed by atoms with Crippen molar-refractivity contribution in [2.75, 3.05) is 5.32 Å². The number of benzene rings is 1. The first-order valence-electron chi connectivity index (χ1n) is 9.99. The van der Waals surface area contributed by atoms with Crippen molar-refractivity contribution < 1.29 is 9.59 Å². The molecule has 31 heavy (non-hydrogen) atoms. The molecule has 0 radical (unpaired) electrons. The average molecular weight is 409 g/mol. The van der Waals surface area contributed by atoms with Crippen LogP contribution in [0.15, 0.2) is 67.3 Å². The Balaban J connectivity index is 1.60. The summed E-state index contributed by atoms with van der Waals surface area (Å²) in [6, 6.07) is 13.4. The van der Waals surface area contributed by atoms with E-state index in [-0.39, 0.29) is 11.7 Å². The molecule has 3 heterocycles. The lowest BCUT2D eigenvalue weighted by Crippen LogP contribution is -2.06. The molecule has 0 unspecified atom stereocenters. The lowest BCUT2D eigenvalue weighted by molar-refractivity contribution is -0.114. The topological polar surface area (TPSA) is 89.8 Å². The highest BCUT2D eigenvalue weighted by Gasteiger charge is 2.21. The van der Waals surface area contributed by atoms with E-state index in [0.717, 1.165) is 39.9 Å². The van der Waals surface area contributed by atoms with Gasteiger partial charge >= 0.3 is 0 Å². The molecule has 1 aliphatic carbocycles. The van der Waals surface area contributed by atoms with Gasteiger partial charge in [-0.15, -0.1) is 0 Å². The summed E-state index contributed by atoms with van der Waals surface area (Å²) in [4.78, 5) is 31.8. The maximum absolute atomic E-state index is 12.0. The van der Waals surface area contributed by atoms with E-state index >= 15 is 0 Å². The number of ketones is 1. The SMILES string of the molecule is CC(=O)Nc1ccc(-n2cc(-c3ccc4c(c3)CCC4=O)c(-c3ccncc3)n2)nc1. The van der Waals surface area contributed by atoms with Crippen LogP contribution in [0.1, 0.15) is 29.3 Å². The van der Waals surface area contributed by atoms with Crippen LogP contribution in [0.2, 0.25) is 0 Å². The Morgan fingerprint density at radius 3 is 2.58 bits per heavy atom. The van der Waals surface area contributed by atoms with Gasteiger partial charge in [0.15, 0.2) is 11.6 Å². The Morgan fingerprint density at radius 2 is 1.84 bits per heavy atom. The summed E-state index contributed by atoms with van der Waals surface area (Å²) in [6.45, 7) is 1.46. The summed E-state index contributed by atoms with van der Waals surface area (Å²) in [5.41, 5.74) is 6.21. The number of fused-ring (bicyclic) bond motifs is 1. The number of hydrogen-bond donors (Lipinski definition) is 1. The molecule has 0 spiro atoms. The number of aryl methyl sites for hydroxylation is 1. The summed E-state index contributed by atoms with van der Waals surface area (Å²) in [5.74, 6) is 0.688. The smallest absolute Gasteiger partial charge is 0.221 e. The summed E-state index contributed by atoms with van der Waals surface area (Å²) in [6.07, 6.45) is 8.35. The van der Waals surface area contributed by atoms with Gasteiger partial charge in [0.05, 0.1) is 11.9 Å². The molecule has 0 saturated carbocycles. The van der Waals surface area contributed by atoms with Crippen molar-refractivity contribution in [3.8, 4) is 28.2 Å². The minimum atomic E-state index is -0.147. The van der Waals surface area contributed by atoms with E-state index in [9.17, 15) is 9.59 Å². The first-order valence-corrected chi connectivity index (χ1v) is 9.99. The Hall–Kier alpha value is -4.13. The largest absolute Gasteiger partial charge is 0.325 e. The number of carbonyl (C=O) groups excluding carboxylic acids is 2. The minimum absolute atomic E-state index is 0.147. The van der Waals surface area contributed by atoms with Crippen LogP contribution in [0, 0.1) is 0 Å². The van der Waals surface area contributed by atoms with Gasteiger partial charge in [0.25, 0.3) is 0 Å². The average Bonchev–Trinajstić information content (AvgIpc) is 3.39. The molecule has 4 aromatic rings. The van der Waals surface area contributed by atoms with Crippen LogP contribution in [0.25, 0.3) is 28.2 Å². The molecular weight excluding hydrogens is 390 g/mol. The fraction of sp³-hybridized carbons (Fsp3) is 0.125. The number of pyridine rings is 2. The second-order valence-corrected chi connectivity index (χ2v) is 7.45. The zero-order valence-corrected chi connectivity index (χ0v) is 16.9. The van der Waals surface area contributed by atoms with E-state index in [1.54, 1.807) is 35.4 Å². The lowest BCUT2D eigenvalue weighted by atomic mass is 9.98. The van der Waals surface area contributed by atoms with Crippen LogP contribution >= 0.6 is 0 Å². The zero-order chi connectivity index (χ0) is 21.4. The predicted octanol–water partition coefficient (Wildman–Crippen LogP) is 4.08. The van der Waals surface area contributed by atoms with Crippen LogP contribution in [-0.4, -0.2) is 31.4 Å². The molecule has 1 aromatic carbocycles. The van der Waals surface area contributed by atoms with E-state index < -0.39 is 0 Å². The fourth-order valence-electron chi connectivity index (χ4n) is 3.85. The molecule has 0 fully saturated rings. The quantitative estimate of drug-likeness (QED) is 0.548. The molecule has 0 atom stereocenters. The van der Waals surface area contributed by atoms with Gasteiger partial charge in [0.1, 0.15) is 5.69 Å². The monoisotopic (exact) mass is 409 g/mol. The molecule has 0 bridgehead atoms. The number of aromatic nitrogens is 4. The van der Waals surface area contributed by atoms with Gasteiger partial charge in [-0.3, -0.25) is 14.6 Å². The van der Waals surface area contributed by atoms with Crippen LogP contribution in [0.5, 0.6) is 0 Å². The number of Topliss-reactive ketones (excluding diaryl/α,β-unsaturated/α-hetero) is 1. The van der Waals surface area contributed by atoms with Crippen LogP contribution in [0.3, 0.4) is 0 Å². The fourth-order valence-corrected chi connectivity index (χ4v) is 3.85. The molecule has 1 amide bonds. The van der Waals surface area contributed by atoms with E-state index in [1.165, 1.54) is 6.92 Å². The van der Waals surface area contributed by atoms with Gasteiger partial charge in [-0.25, -0.2) is 9.67 Å². The molecule has 5 rings (SSSR count). The van der Waals surface area contributed by atoms with Gasteiger partial charge < -0.3 is 5.32 Å². The first-order chi connectivity index (χ1) is 15.1. The zero-order valence-electron chi connectivity index (χ0n) is 16.9. The molecule has 152 valence electrons. The van der Waals surface area contributed by atoms with E-state index in [2.05, 4.69) is 21.4 Å². The van der Waals surface area contributed by atoms with E-state index in [4.69, 9.17) is 5.10 Å². The molecule has 7 heteroatoms. The van der Waals surface area contributed by atoms with Crippen LogP contribution in [0.4, 0.5) is 5.69 Å². The molecule has 7 nitrogen and oxygen atoms in total. The second kappa shape index (κ2) is 7.60. The standard InChI is InChI=1S/C24H19N5O2/c1-15(30)27-19-4-7-23(26-13-19)29-14-21(24(28-29)16-8-10-25-11-9-16)18-2-5-20-17(12-18)3-6-22(20)31/h2,4-5,7-14H,3,6H2,1H3,(H,27,30). The molecular formula is C24H19N5O2. The maximum Gasteiger partial charge on any atom is 0.221 e. The Labute approximate surface area is 178 Å². The van der Waals surface area contributed by atoms with Crippen molar-refractivity contribution in [1.82, 2.24) is 19.7 Å². The van der Waals surface area contributed by atoms with Gasteiger partial charge in [-0.2, -0.15) is 5.10 Å². The summed E-state index contributed by atoms with van der Waals surface area (Å²) in [7, 11) is 0. The number of nitrogens with one attached hydrogen (secondary N) is 1. The molecule has 1 N–H and O–H groups in total. The van der Waals surface area contributed by atoms with E-state index in [1.807, 2.05) is 30.5 Å². The Kier molecular flexibility index (Phi) is 4.63. The third-order valence-electron chi connectivity index (χ3n) is 5.31. The van der Waals surface area contributed by atoms with Crippen molar-refractivity contribution >= 4 is 17.4 Å². The minimum Gasteiger partial charge on any atom is -0.325 e. The predicted molar refractivity (Wildman–Crippen MR) is 117 cm³/mol. The number of rotatable bonds is 4. The molecule has 0 saturated heterocycles. The number of amides is 1. The number of anilines is 1. The number of hydrogen-bond acceptors (Lipinski definition) is 5. The van der Waals surface area contributed by atoms with Crippen molar-refractivity contribution in [2.24, 2.45) is 0 Å². The van der Waals surface area contributed by atoms with Crippen molar-refractivity contribution in [3.05, 3.63) is 78.4 Å². The van der Waals surface area contributed by atoms with E-state index in [0.29, 0.717) is 17.9 Å². The molecule has 1 aliphatic rings. The highest BCUT2D eigenvalue weighted by Crippen LogP contribution is 2.34. The summed E-state index contributed by atoms with van der Waals surface area (Å²) < 4.78 is 1.72. The van der Waals surface area contributed by atoms with Crippen LogP contribution in [-0.2, 0) is 11.2 Å². The highest BCUT2D eigenvalue weighted by atomic mass is 16.1. The van der Waals surface area contributed by atoms with Gasteiger partial charge in [-0.05, 0) is 41.8 Å². The number of carbonyl (C=O) groups is 2. The van der Waals surface area contributed by atoms with Gasteiger partial charge in [0.2, 0.25) is 5.91 Å². The maximum atomic E-state index is 12.0. The summed E-state index contributed by atoms with van der Waals surface area (Å²) in [5, 5.41) is 7.51. The van der Waals surface area contributed by atoms with Gasteiger partial charge in [-0.1, -0.05) is 18.2 Å². The van der Waals surface area contributed by atoms with Crippen molar-refractivity contribution in [1.29, 1.82) is 0 Å². The third-order valence-corrected chi connectivity index (χ3v) is 5.31. The first kappa shape index (κ1) is 18.9. The Morgan fingerprint density at radius 1 is 1.00 bits per heavy atom. The number of nitrogens with zero attached hydrogens (tertiary/aromatic N) is 4. The van der Waals surface area contributed by atoms with Crippen molar-refractivity contribution in [3.63, 3.8) is 0 Å². The van der Waals surface area contributed by atoms with Crippen molar-refractivity contribution in [2.45, 2.75) is 19.8 Å². The van der Waals surface area contributed by atoms with Gasteiger partial charge in [0, 0.05) is 48.6 Å². The Bertz CT molecular complexity index is 1290. The molecule has 3 aromatic heterocycles. The normalized spacial score (nSPS) is 12.6. The highest BCUT2D eigenvalue weighted by molar-refractivity contribution is 6.01. The molecule has 0 aliphatic heterocycles.